The first-order chi connectivity index (χ1) is 6.45. The van der Waals surface area contributed by atoms with E-state index in [0.717, 1.165) is 0 Å². The predicted molar refractivity (Wildman–Crippen MR) is 48.1 cm³/mol. The molecule has 5 heteroatoms. The van der Waals surface area contributed by atoms with E-state index in [4.69, 9.17) is 4.74 Å². The fourth-order valence-electron chi connectivity index (χ4n) is 0.906. The van der Waals surface area contributed by atoms with Crippen LogP contribution < -0.4 is 4.74 Å². The van der Waals surface area contributed by atoms with E-state index in [2.05, 4.69) is 11.6 Å². The molecule has 0 radical (unpaired) electrons. The van der Waals surface area contributed by atoms with Crippen LogP contribution in [0, 0.1) is 0 Å². The Morgan fingerprint density at radius 3 is 2.21 bits per heavy atom. The summed E-state index contributed by atoms with van der Waals surface area (Å²) in [6, 6.07) is 5.29. The molecule has 76 valence electrons. The molecule has 14 heavy (non-hydrogen) atoms. The number of ether oxygens (including phenoxy) is 1. The van der Waals surface area contributed by atoms with Gasteiger partial charge in [0.25, 0.3) is 0 Å². The average molecular weight is 221 g/mol. The van der Waals surface area contributed by atoms with Crippen molar-refractivity contribution in [2.75, 3.05) is 7.11 Å². The number of halogens is 3. The monoisotopic (exact) mass is 220 g/mol. The summed E-state index contributed by atoms with van der Waals surface area (Å²) < 4.78 is 29.5. The van der Waals surface area contributed by atoms with Gasteiger partial charge >= 0.3 is 5.38 Å². The van der Waals surface area contributed by atoms with Crippen molar-refractivity contribution in [1.82, 2.24) is 0 Å². The summed E-state index contributed by atoms with van der Waals surface area (Å²) in [6.45, 7) is 0. The van der Waals surface area contributed by atoms with Gasteiger partial charge in [0.15, 0.2) is 0 Å². The highest BCUT2D eigenvalue weighted by Crippen LogP contribution is 2.25. The molecule has 0 fully saturated rings. The summed E-state index contributed by atoms with van der Waals surface area (Å²) in [7, 11) is 1.44. The van der Waals surface area contributed by atoms with E-state index in [-0.39, 0.29) is 5.56 Å². The highest BCUT2D eigenvalue weighted by Gasteiger charge is 2.36. The smallest absolute Gasteiger partial charge is 0.384 e. The molecule has 0 heterocycles. The molecule has 0 N–H and O–H groups in total. The van der Waals surface area contributed by atoms with Crippen LogP contribution in [0.25, 0.3) is 0 Å². The zero-order valence-corrected chi connectivity index (χ0v) is 8.02. The zero-order chi connectivity index (χ0) is 10.8. The predicted octanol–water partition coefficient (Wildman–Crippen LogP) is 2.71. The molecule has 0 aromatic heterocycles. The van der Waals surface area contributed by atoms with Crippen LogP contribution in [0.5, 0.6) is 5.75 Å². The minimum absolute atomic E-state index is 0.147. The van der Waals surface area contributed by atoms with Gasteiger partial charge in [-0.15, -0.1) is 0 Å². The fraction of sp³-hybridized carbons (Fsp3) is 0.222. The van der Waals surface area contributed by atoms with E-state index < -0.39 is 11.2 Å². The molecule has 1 rings (SSSR count). The van der Waals surface area contributed by atoms with Gasteiger partial charge in [-0.1, -0.05) is 0 Å². The second kappa shape index (κ2) is 3.92. The van der Waals surface area contributed by atoms with Gasteiger partial charge in [0, 0.05) is 5.56 Å². The van der Waals surface area contributed by atoms with Crippen molar-refractivity contribution < 1.29 is 18.3 Å². The molecule has 2 nitrogen and oxygen atoms in total. The molecule has 0 atom stereocenters. The van der Waals surface area contributed by atoms with E-state index in [1.54, 1.807) is 0 Å². The molecule has 1 aromatic carbocycles. The van der Waals surface area contributed by atoms with Crippen LogP contribution in [0.1, 0.15) is 10.4 Å². The van der Waals surface area contributed by atoms with Crippen molar-refractivity contribution in [1.29, 1.82) is 0 Å². The quantitative estimate of drug-likeness (QED) is 0.578. The molecule has 0 amide bonds. The van der Waals surface area contributed by atoms with Gasteiger partial charge in [-0.05, 0) is 35.9 Å². The Balaban J connectivity index is 2.93. The van der Waals surface area contributed by atoms with Gasteiger partial charge < -0.3 is 4.74 Å². The number of rotatable bonds is 3. The van der Waals surface area contributed by atoms with Crippen LogP contribution in [0.4, 0.5) is 8.78 Å². The number of carbonyl (C=O) groups excluding carboxylic acids is 1. The minimum Gasteiger partial charge on any atom is -0.497 e. The summed E-state index contributed by atoms with van der Waals surface area (Å²) in [6.07, 6.45) is 0. The standard InChI is InChI=1S/C9H7ClF2O2/c1-14-7-4-2-6(3-5-7)8(13)9(10,11)12/h2-5H,1H3. The third-order valence-corrected chi connectivity index (χ3v) is 1.78. The Labute approximate surface area is 84.4 Å². The third kappa shape index (κ3) is 2.42. The lowest BCUT2D eigenvalue weighted by molar-refractivity contribution is 0.0536. The summed E-state index contributed by atoms with van der Waals surface area (Å²) in [5.41, 5.74) is -0.147. The van der Waals surface area contributed by atoms with Crippen LogP contribution in [0.2, 0.25) is 0 Å². The largest absolute Gasteiger partial charge is 0.497 e. The van der Waals surface area contributed by atoms with E-state index >= 15 is 0 Å². The van der Waals surface area contributed by atoms with Crippen molar-refractivity contribution in [3.63, 3.8) is 0 Å². The Bertz CT molecular complexity index is 330. The maximum atomic E-state index is 12.4. The van der Waals surface area contributed by atoms with Crippen LogP contribution >= 0.6 is 11.6 Å². The molecule has 0 aliphatic heterocycles. The lowest BCUT2D eigenvalue weighted by Gasteiger charge is -2.06. The van der Waals surface area contributed by atoms with Gasteiger partial charge in [-0.3, -0.25) is 4.79 Å². The van der Waals surface area contributed by atoms with Crippen molar-refractivity contribution in [3.05, 3.63) is 29.8 Å². The zero-order valence-electron chi connectivity index (χ0n) is 7.26. The van der Waals surface area contributed by atoms with Crippen molar-refractivity contribution >= 4 is 17.4 Å². The summed E-state index contributed by atoms with van der Waals surface area (Å²) in [5.74, 6) is -0.929. The minimum atomic E-state index is -3.85. The summed E-state index contributed by atoms with van der Waals surface area (Å²) in [4.78, 5) is 10.9. The van der Waals surface area contributed by atoms with Crippen LogP contribution in [0.15, 0.2) is 24.3 Å². The Kier molecular flexibility index (Phi) is 3.06. The van der Waals surface area contributed by atoms with E-state index in [9.17, 15) is 13.6 Å². The van der Waals surface area contributed by atoms with Crippen LogP contribution in [-0.4, -0.2) is 18.3 Å². The van der Waals surface area contributed by atoms with Crippen molar-refractivity contribution in [3.8, 4) is 5.75 Å². The second-order valence-corrected chi connectivity index (χ2v) is 3.03. The lowest BCUT2D eigenvalue weighted by atomic mass is 10.1. The number of hydrogen-bond donors (Lipinski definition) is 0. The molecule has 0 bridgehead atoms. The van der Waals surface area contributed by atoms with Crippen LogP contribution in [0.3, 0.4) is 0 Å². The van der Waals surface area contributed by atoms with Gasteiger partial charge in [0.2, 0.25) is 5.78 Å². The van der Waals surface area contributed by atoms with Gasteiger partial charge in [0.05, 0.1) is 7.11 Å². The Morgan fingerprint density at radius 2 is 1.86 bits per heavy atom. The van der Waals surface area contributed by atoms with E-state index in [1.807, 2.05) is 0 Å². The summed E-state index contributed by atoms with van der Waals surface area (Å²) in [5, 5.41) is -3.85. The molecule has 0 spiro atoms. The molecule has 0 saturated carbocycles. The molecular weight excluding hydrogens is 214 g/mol. The highest BCUT2D eigenvalue weighted by atomic mass is 35.5. The lowest BCUT2D eigenvalue weighted by Crippen LogP contribution is -2.21. The van der Waals surface area contributed by atoms with Gasteiger partial charge in [-0.25, -0.2) is 0 Å². The van der Waals surface area contributed by atoms with Crippen LogP contribution in [-0.2, 0) is 0 Å². The molecular formula is C9H7ClF2O2. The first-order valence-corrected chi connectivity index (χ1v) is 4.08. The number of methoxy groups -OCH3 is 1. The number of alkyl halides is 3. The second-order valence-electron chi connectivity index (χ2n) is 2.56. The molecule has 0 saturated heterocycles. The molecule has 0 aliphatic carbocycles. The normalized spacial score (nSPS) is 11.1. The number of benzene rings is 1. The van der Waals surface area contributed by atoms with Crippen molar-refractivity contribution in [2.24, 2.45) is 0 Å². The maximum absolute atomic E-state index is 12.4. The SMILES string of the molecule is COc1ccc(C(=O)C(F)(F)Cl)cc1. The molecule has 1 aromatic rings. The summed E-state index contributed by atoms with van der Waals surface area (Å²) >= 11 is 4.58. The maximum Gasteiger partial charge on any atom is 0.384 e. The van der Waals surface area contributed by atoms with Gasteiger partial charge in [0.1, 0.15) is 5.75 Å². The molecule has 0 unspecified atom stereocenters. The highest BCUT2D eigenvalue weighted by molar-refractivity contribution is 6.35. The first-order valence-electron chi connectivity index (χ1n) is 3.70. The topological polar surface area (TPSA) is 26.3 Å². The number of carbonyl (C=O) groups is 1. The average Bonchev–Trinajstić information content (AvgIpc) is 2.15. The molecule has 0 aliphatic rings. The Hall–Kier alpha value is -1.16. The first kappa shape index (κ1) is 10.9. The Morgan fingerprint density at radius 1 is 1.36 bits per heavy atom. The van der Waals surface area contributed by atoms with Crippen molar-refractivity contribution in [2.45, 2.75) is 5.38 Å². The van der Waals surface area contributed by atoms with E-state index in [1.165, 1.54) is 31.4 Å². The van der Waals surface area contributed by atoms with Gasteiger partial charge in [-0.2, -0.15) is 8.78 Å². The number of hydrogen-bond acceptors (Lipinski definition) is 2. The fourth-order valence-corrected chi connectivity index (χ4v) is 1.02. The number of ketones is 1. The van der Waals surface area contributed by atoms with E-state index in [0.29, 0.717) is 5.75 Å². The number of Topliss-reactive ketones (excluding diaryl/α,β-unsaturated/α-hetero) is 1. The third-order valence-electron chi connectivity index (χ3n) is 1.61.